The molecule has 0 amide bonds. The minimum atomic E-state index is -1.09. The van der Waals surface area contributed by atoms with E-state index in [1.165, 1.54) is 0 Å². The monoisotopic (exact) mass is 273 g/mol. The van der Waals surface area contributed by atoms with Crippen molar-refractivity contribution < 1.29 is 0 Å². The molecule has 0 saturated heterocycles. The molecule has 0 nitrogen and oxygen atoms in total. The normalized spacial score (nSPS) is 15.8. The first-order valence-corrected chi connectivity index (χ1v) is 16.5. The fourth-order valence-electron chi connectivity index (χ4n) is 1.91. The lowest BCUT2D eigenvalue weighted by molar-refractivity contribution is 0.727. The summed E-state index contributed by atoms with van der Waals surface area (Å²) in [7, 11) is -2.36. The second-order valence-corrected chi connectivity index (χ2v) is 32.6. The quantitative estimate of drug-likeness (QED) is 0.600. The van der Waals surface area contributed by atoms with Crippen molar-refractivity contribution in [1.29, 1.82) is 0 Å². The zero-order valence-corrected chi connectivity index (χ0v) is 16.5. The van der Waals surface area contributed by atoms with Gasteiger partial charge < -0.3 is 0 Å². The summed E-state index contributed by atoms with van der Waals surface area (Å²) in [6, 6.07) is 0. The Balaban J connectivity index is 5.30. The number of hydrogen-bond donors (Lipinski definition) is 0. The highest BCUT2D eigenvalue weighted by Crippen LogP contribution is 2.45. The van der Waals surface area contributed by atoms with Crippen LogP contribution in [-0.2, 0) is 0 Å². The van der Waals surface area contributed by atoms with Gasteiger partial charge in [0.2, 0.25) is 0 Å². The average molecular weight is 274 g/mol. The molecule has 0 aliphatic heterocycles. The van der Waals surface area contributed by atoms with Gasteiger partial charge in [0, 0.05) is 23.0 Å². The Morgan fingerprint density at radius 2 is 0.812 bits per heavy atom. The Bertz CT molecular complexity index is 215. The summed E-state index contributed by atoms with van der Waals surface area (Å²) in [6.07, 6.45) is 0. The summed E-state index contributed by atoms with van der Waals surface area (Å²) in [5.74, 6) is 0. The van der Waals surface area contributed by atoms with Gasteiger partial charge in [0.1, 0.15) is 0 Å². The minimum Gasteiger partial charge on any atom is -0.0750 e. The molecule has 0 bridgehead atoms. The highest BCUT2D eigenvalue weighted by atomic mass is 29.6. The highest BCUT2D eigenvalue weighted by molar-refractivity contribution is 7.61. The number of hydrogen-bond acceptors (Lipinski definition) is 0. The lowest BCUT2D eigenvalue weighted by atomic mass is 10.2. The summed E-state index contributed by atoms with van der Waals surface area (Å²) < 4.78 is 0. The van der Waals surface area contributed by atoms with E-state index in [1.54, 1.807) is 0 Å². The molecule has 3 heteroatoms. The first-order valence-electron chi connectivity index (χ1n) is 6.50. The van der Waals surface area contributed by atoms with Crippen molar-refractivity contribution in [2.45, 2.75) is 84.4 Å². The molecular formula is C13H33Si3. The van der Waals surface area contributed by atoms with Crippen LogP contribution in [0.2, 0.25) is 42.8 Å². The van der Waals surface area contributed by atoms with Gasteiger partial charge in [0.05, 0.1) is 0 Å². The van der Waals surface area contributed by atoms with Gasteiger partial charge in [-0.25, -0.2) is 0 Å². The fraction of sp³-hybridized carbons (Fsp3) is 1.00. The van der Waals surface area contributed by atoms with E-state index in [9.17, 15) is 0 Å². The van der Waals surface area contributed by atoms with Crippen molar-refractivity contribution in [2.75, 3.05) is 0 Å². The first-order chi connectivity index (χ1) is 6.65. The molecule has 0 aromatic heterocycles. The maximum absolute atomic E-state index is 2.65. The molecule has 0 atom stereocenters. The van der Waals surface area contributed by atoms with Gasteiger partial charge in [-0.05, 0) is 10.1 Å². The van der Waals surface area contributed by atoms with Crippen molar-refractivity contribution >= 4 is 23.0 Å². The zero-order chi connectivity index (χ0) is 13.6. The van der Waals surface area contributed by atoms with Crippen LogP contribution in [0.5, 0.6) is 0 Å². The molecule has 0 rings (SSSR count). The van der Waals surface area contributed by atoms with Crippen LogP contribution in [0, 0.1) is 0 Å². The van der Waals surface area contributed by atoms with Crippen LogP contribution in [0.4, 0.5) is 0 Å². The molecule has 0 spiro atoms. The van der Waals surface area contributed by atoms with Gasteiger partial charge in [0.25, 0.3) is 0 Å². The highest BCUT2D eigenvalue weighted by Gasteiger charge is 2.51. The Morgan fingerprint density at radius 1 is 0.625 bits per heavy atom. The molecular weight excluding hydrogens is 240 g/mol. The molecule has 0 saturated carbocycles. The van der Waals surface area contributed by atoms with Crippen LogP contribution in [0.1, 0.15) is 41.5 Å². The predicted molar refractivity (Wildman–Crippen MR) is 86.0 cm³/mol. The smallest absolute Gasteiger partial charge is 0.0413 e. The predicted octanol–water partition coefficient (Wildman–Crippen LogP) is 5.28. The third-order valence-corrected chi connectivity index (χ3v) is 43.9. The molecule has 0 fully saturated rings. The van der Waals surface area contributed by atoms with E-state index in [2.05, 4.69) is 74.3 Å². The van der Waals surface area contributed by atoms with Crippen LogP contribution in [0.15, 0.2) is 0 Å². The summed E-state index contributed by atoms with van der Waals surface area (Å²) in [4.78, 5) is 0. The first kappa shape index (κ1) is 16.7. The lowest BCUT2D eigenvalue weighted by Crippen LogP contribution is -2.66. The van der Waals surface area contributed by atoms with Gasteiger partial charge in [-0.15, -0.1) is 0 Å². The van der Waals surface area contributed by atoms with Crippen LogP contribution in [0.3, 0.4) is 0 Å². The molecule has 16 heavy (non-hydrogen) atoms. The van der Waals surface area contributed by atoms with Crippen LogP contribution in [-0.4, -0.2) is 23.0 Å². The van der Waals surface area contributed by atoms with Crippen LogP contribution in [0.25, 0.3) is 0 Å². The third kappa shape index (κ3) is 2.91. The van der Waals surface area contributed by atoms with Gasteiger partial charge in [0.15, 0.2) is 0 Å². The molecule has 0 aliphatic carbocycles. The molecule has 0 aliphatic rings. The van der Waals surface area contributed by atoms with Gasteiger partial charge in [-0.3, -0.25) is 0 Å². The average Bonchev–Trinajstić information content (AvgIpc) is 1.98. The molecule has 0 N–H and O–H groups in total. The second kappa shape index (κ2) is 4.39. The SMILES string of the molecule is C[Si]([Si](C)(C)C(C)(C)C)[Si](C)(C)C(C)(C)C. The molecule has 97 valence electrons. The fourth-order valence-corrected chi connectivity index (χ4v) is 38.0. The Labute approximate surface area is 107 Å². The maximum Gasteiger partial charge on any atom is 0.0413 e. The number of rotatable bonds is 2. The summed E-state index contributed by atoms with van der Waals surface area (Å²) in [6.45, 7) is 28.1. The van der Waals surface area contributed by atoms with Crippen LogP contribution < -0.4 is 0 Å². The van der Waals surface area contributed by atoms with Gasteiger partial charge in [-0.2, -0.15) is 0 Å². The second-order valence-electron chi connectivity index (χ2n) is 8.38. The van der Waals surface area contributed by atoms with E-state index >= 15 is 0 Å². The summed E-state index contributed by atoms with van der Waals surface area (Å²) in [5, 5.41) is 1.12. The summed E-state index contributed by atoms with van der Waals surface area (Å²) >= 11 is 0. The maximum atomic E-state index is 2.65. The molecule has 0 heterocycles. The van der Waals surface area contributed by atoms with Crippen molar-refractivity contribution in [2.24, 2.45) is 0 Å². The van der Waals surface area contributed by atoms with Crippen LogP contribution >= 0.6 is 0 Å². The topological polar surface area (TPSA) is 0 Å². The van der Waals surface area contributed by atoms with Crippen molar-refractivity contribution in [3.63, 3.8) is 0 Å². The van der Waals surface area contributed by atoms with E-state index < -0.39 is 15.2 Å². The zero-order valence-electron chi connectivity index (χ0n) is 13.5. The van der Waals surface area contributed by atoms with E-state index in [0.29, 0.717) is 10.1 Å². The molecule has 0 aromatic rings. The summed E-state index contributed by atoms with van der Waals surface area (Å²) in [5.41, 5.74) is 0. The lowest BCUT2D eigenvalue weighted by Gasteiger charge is -2.51. The van der Waals surface area contributed by atoms with E-state index in [4.69, 9.17) is 0 Å². The minimum absolute atomic E-state index is 0.179. The Hall–Kier alpha value is 0.651. The standard InChI is InChI=1S/C13H33Si3/c1-12(2,3)15(8,9)14(7)16(10,11)13(4,5)6/h1-11H3. The largest absolute Gasteiger partial charge is 0.0750 e. The van der Waals surface area contributed by atoms with Crippen molar-refractivity contribution in [3.8, 4) is 0 Å². The van der Waals surface area contributed by atoms with Gasteiger partial charge >= 0.3 is 0 Å². The van der Waals surface area contributed by atoms with Crippen molar-refractivity contribution in [1.82, 2.24) is 0 Å². The molecule has 1 radical (unpaired) electrons. The van der Waals surface area contributed by atoms with Crippen molar-refractivity contribution in [3.05, 3.63) is 0 Å². The van der Waals surface area contributed by atoms with Gasteiger partial charge in [-0.1, -0.05) is 74.3 Å². The van der Waals surface area contributed by atoms with E-state index in [0.717, 1.165) is 0 Å². The third-order valence-electron chi connectivity index (χ3n) is 5.62. The Morgan fingerprint density at radius 3 is 0.938 bits per heavy atom. The van der Waals surface area contributed by atoms with E-state index in [1.807, 2.05) is 0 Å². The Kier molecular flexibility index (Phi) is 4.57. The van der Waals surface area contributed by atoms with E-state index in [-0.39, 0.29) is 7.83 Å². The molecule has 0 aromatic carbocycles. The molecule has 0 unspecified atom stereocenters.